The number of ether oxygens (including phenoxy) is 1. The number of hydrogen-bond donors (Lipinski definition) is 2. The number of rotatable bonds is 1. The summed E-state index contributed by atoms with van der Waals surface area (Å²) in [5, 5.41) is 6.44. The Morgan fingerprint density at radius 3 is 1.95 bits per heavy atom. The van der Waals surface area contributed by atoms with E-state index in [4.69, 9.17) is 4.74 Å². The van der Waals surface area contributed by atoms with Crippen LogP contribution in [0.2, 0.25) is 0 Å². The molecule has 1 heterocycles. The van der Waals surface area contributed by atoms with Crippen LogP contribution in [-0.2, 0) is 4.74 Å². The van der Waals surface area contributed by atoms with Gasteiger partial charge in [-0.15, -0.1) is 0 Å². The van der Waals surface area contributed by atoms with E-state index in [2.05, 4.69) is 24.5 Å². The van der Waals surface area contributed by atoms with Gasteiger partial charge < -0.3 is 15.4 Å². The maximum atomic E-state index is 11.7. The molecule has 0 radical (unpaired) electrons. The highest BCUT2D eigenvalue weighted by Crippen LogP contribution is 2.33. The second-order valence-electron chi connectivity index (χ2n) is 6.63. The lowest BCUT2D eigenvalue weighted by molar-refractivity contribution is 0.0468. The third kappa shape index (κ3) is 7.70. The van der Waals surface area contributed by atoms with Gasteiger partial charge in [-0.25, -0.2) is 4.79 Å². The number of fused-ring (bicyclic) bond motifs is 2. The molecule has 1 aliphatic heterocycles. The van der Waals surface area contributed by atoms with E-state index >= 15 is 0 Å². The summed E-state index contributed by atoms with van der Waals surface area (Å²) in [5.74, 6) is 1.18. The number of nitrogens with one attached hydrogen (secondary N) is 2. The molecule has 0 aromatic rings. The van der Waals surface area contributed by atoms with Crippen LogP contribution in [0.1, 0.15) is 67.7 Å². The Hall–Kier alpha value is -0.770. The highest BCUT2D eigenvalue weighted by molar-refractivity contribution is 5.68. The highest BCUT2D eigenvalue weighted by Gasteiger charge is 2.40. The molecule has 1 amide bonds. The molecule has 1 aliphatic carbocycles. The fourth-order valence-corrected chi connectivity index (χ4v) is 2.76. The summed E-state index contributed by atoms with van der Waals surface area (Å²) in [7, 11) is 0. The van der Waals surface area contributed by atoms with Gasteiger partial charge in [-0.2, -0.15) is 0 Å². The van der Waals surface area contributed by atoms with E-state index in [1.807, 2.05) is 34.6 Å². The van der Waals surface area contributed by atoms with Crippen LogP contribution in [0.3, 0.4) is 0 Å². The molecule has 2 bridgehead atoms. The fourth-order valence-electron chi connectivity index (χ4n) is 2.76. The van der Waals surface area contributed by atoms with Crippen molar-refractivity contribution in [2.75, 3.05) is 13.1 Å². The van der Waals surface area contributed by atoms with E-state index in [1.165, 1.54) is 19.3 Å². The van der Waals surface area contributed by atoms with Crippen molar-refractivity contribution in [3.8, 4) is 0 Å². The van der Waals surface area contributed by atoms with Gasteiger partial charge in [0.05, 0.1) is 0 Å². The van der Waals surface area contributed by atoms with Gasteiger partial charge in [0.25, 0.3) is 0 Å². The lowest BCUT2D eigenvalue weighted by Gasteiger charge is -2.32. The lowest BCUT2D eigenvalue weighted by atomic mass is 9.94. The summed E-state index contributed by atoms with van der Waals surface area (Å²) in [5.41, 5.74) is -0.407. The maximum absolute atomic E-state index is 11.7. The van der Waals surface area contributed by atoms with Crippen molar-refractivity contribution in [1.29, 1.82) is 0 Å². The lowest BCUT2D eigenvalue weighted by Crippen LogP contribution is -2.51. The van der Waals surface area contributed by atoms with E-state index in [0.717, 1.165) is 13.1 Å². The van der Waals surface area contributed by atoms with Crippen molar-refractivity contribution >= 4 is 6.09 Å². The van der Waals surface area contributed by atoms with Crippen LogP contribution in [-0.4, -0.2) is 30.8 Å². The zero-order chi connectivity index (χ0) is 16.5. The molecule has 0 aromatic carbocycles. The van der Waals surface area contributed by atoms with Gasteiger partial charge in [-0.1, -0.05) is 34.1 Å². The van der Waals surface area contributed by atoms with Gasteiger partial charge in [-0.05, 0) is 58.5 Å². The predicted octanol–water partition coefficient (Wildman–Crippen LogP) is 3.95. The Morgan fingerprint density at radius 2 is 1.57 bits per heavy atom. The number of hydrogen-bond acceptors (Lipinski definition) is 3. The Morgan fingerprint density at radius 1 is 1.14 bits per heavy atom. The maximum Gasteiger partial charge on any atom is 0.407 e. The quantitative estimate of drug-likeness (QED) is 0.771. The molecule has 2 fully saturated rings. The molecule has 2 atom stereocenters. The Labute approximate surface area is 131 Å². The van der Waals surface area contributed by atoms with Gasteiger partial charge in [0.15, 0.2) is 0 Å². The Bertz CT molecular complexity index is 271. The molecule has 1 saturated carbocycles. The standard InChI is InChI=1S/C12H22N2O2.C3H8.C2H6/c1-12(2,3)16-11(15)14-10-8-4-5-9(10)7-13-6-8;1-3-2;1-2/h8-10,13H,4-7H2,1-3H3,(H,14,15);3H2,1-2H3;1-2H3. The Kier molecular flexibility index (Phi) is 9.67. The average Bonchev–Trinajstić information content (AvgIpc) is 2.62. The van der Waals surface area contributed by atoms with E-state index in [1.54, 1.807) is 0 Å². The summed E-state index contributed by atoms with van der Waals surface area (Å²) in [4.78, 5) is 11.7. The SMILES string of the molecule is CC.CC(C)(C)OC(=O)NC1C2CCC1CNC2.CCC. The highest BCUT2D eigenvalue weighted by atomic mass is 16.6. The minimum Gasteiger partial charge on any atom is -0.444 e. The van der Waals surface area contributed by atoms with Crippen LogP contribution in [0.5, 0.6) is 0 Å². The fraction of sp³-hybridized carbons (Fsp3) is 0.941. The van der Waals surface area contributed by atoms with Crippen LogP contribution >= 0.6 is 0 Å². The van der Waals surface area contributed by atoms with Crippen molar-refractivity contribution in [2.45, 2.75) is 79.4 Å². The summed E-state index contributed by atoms with van der Waals surface area (Å²) >= 11 is 0. The van der Waals surface area contributed by atoms with Crippen LogP contribution in [0.25, 0.3) is 0 Å². The predicted molar refractivity (Wildman–Crippen MR) is 89.6 cm³/mol. The summed E-state index contributed by atoms with van der Waals surface area (Å²) in [6.45, 7) is 16.0. The molecule has 0 spiro atoms. The third-order valence-corrected chi connectivity index (χ3v) is 3.42. The monoisotopic (exact) mass is 300 g/mol. The number of amides is 1. The van der Waals surface area contributed by atoms with E-state index in [0.29, 0.717) is 17.9 Å². The molecule has 2 aliphatic rings. The van der Waals surface area contributed by atoms with E-state index in [-0.39, 0.29) is 6.09 Å². The smallest absolute Gasteiger partial charge is 0.407 e. The van der Waals surface area contributed by atoms with Gasteiger partial charge in [-0.3, -0.25) is 0 Å². The molecule has 1 saturated heterocycles. The second-order valence-corrected chi connectivity index (χ2v) is 6.63. The van der Waals surface area contributed by atoms with Gasteiger partial charge >= 0.3 is 6.09 Å². The van der Waals surface area contributed by atoms with Crippen molar-refractivity contribution < 1.29 is 9.53 Å². The molecule has 2 unspecified atom stereocenters. The molecule has 21 heavy (non-hydrogen) atoms. The largest absolute Gasteiger partial charge is 0.444 e. The van der Waals surface area contributed by atoms with Crippen LogP contribution in [0.4, 0.5) is 4.79 Å². The van der Waals surface area contributed by atoms with E-state index < -0.39 is 5.60 Å². The first-order valence-electron chi connectivity index (χ1n) is 8.57. The average molecular weight is 300 g/mol. The van der Waals surface area contributed by atoms with Crippen molar-refractivity contribution in [3.05, 3.63) is 0 Å². The van der Waals surface area contributed by atoms with Crippen molar-refractivity contribution in [3.63, 3.8) is 0 Å². The topological polar surface area (TPSA) is 50.4 Å². The second kappa shape index (κ2) is 10.0. The molecule has 2 N–H and O–H groups in total. The molecule has 4 nitrogen and oxygen atoms in total. The first-order valence-corrected chi connectivity index (χ1v) is 8.57. The zero-order valence-electron chi connectivity index (χ0n) is 15.1. The molecule has 4 heteroatoms. The molecule has 2 rings (SSSR count). The van der Waals surface area contributed by atoms with Crippen LogP contribution in [0, 0.1) is 11.8 Å². The number of carbonyl (C=O) groups excluding carboxylic acids is 1. The van der Waals surface area contributed by atoms with Crippen LogP contribution < -0.4 is 10.6 Å². The first-order chi connectivity index (χ1) is 9.87. The molecular weight excluding hydrogens is 264 g/mol. The van der Waals surface area contributed by atoms with Gasteiger partial charge in [0.2, 0.25) is 0 Å². The summed E-state index contributed by atoms with van der Waals surface area (Å²) in [6.07, 6.45) is 3.42. The Balaban J connectivity index is 0.000000713. The molecule has 0 aromatic heterocycles. The minimum atomic E-state index is -0.407. The first kappa shape index (κ1) is 20.2. The minimum absolute atomic E-state index is 0.267. The zero-order valence-corrected chi connectivity index (χ0v) is 15.1. The van der Waals surface area contributed by atoms with Gasteiger partial charge in [0, 0.05) is 6.04 Å². The van der Waals surface area contributed by atoms with E-state index in [9.17, 15) is 4.79 Å². The number of piperidine rings is 1. The number of alkyl carbamates (subject to hydrolysis) is 1. The summed E-state index contributed by atoms with van der Waals surface area (Å²) in [6, 6.07) is 0.316. The third-order valence-electron chi connectivity index (χ3n) is 3.42. The molecule has 126 valence electrons. The number of carbonyl (C=O) groups is 1. The van der Waals surface area contributed by atoms with Gasteiger partial charge in [0.1, 0.15) is 5.60 Å². The normalized spacial score (nSPS) is 26.7. The van der Waals surface area contributed by atoms with Crippen molar-refractivity contribution in [1.82, 2.24) is 10.6 Å². The molecular formula is C17H36N2O2. The summed E-state index contributed by atoms with van der Waals surface area (Å²) < 4.78 is 5.29. The van der Waals surface area contributed by atoms with Crippen LogP contribution in [0.15, 0.2) is 0 Å². The van der Waals surface area contributed by atoms with Crippen molar-refractivity contribution in [2.24, 2.45) is 11.8 Å².